The number of aromatic nitrogens is 1. The Morgan fingerprint density at radius 2 is 2.20 bits per heavy atom. The molecule has 1 N–H and O–H groups in total. The predicted octanol–water partition coefficient (Wildman–Crippen LogP) is 2.60. The molecule has 74 valence electrons. The average molecular weight is 199 g/mol. The van der Waals surface area contributed by atoms with Crippen LogP contribution in [-0.4, -0.2) is 5.16 Å². The fraction of sp³-hybridized carbons (Fsp3) is 0.0909. The van der Waals surface area contributed by atoms with Crippen molar-refractivity contribution < 1.29 is 4.52 Å². The lowest BCUT2D eigenvalue weighted by Gasteiger charge is -2.02. The highest BCUT2D eigenvalue weighted by Gasteiger charge is 2.03. The normalized spacial score (nSPS) is 9.60. The Bertz CT molecular complexity index is 511. The monoisotopic (exact) mass is 199 g/mol. The second-order valence-corrected chi connectivity index (χ2v) is 3.11. The molecule has 4 nitrogen and oxygen atoms in total. The second kappa shape index (κ2) is 3.84. The van der Waals surface area contributed by atoms with Crippen LogP contribution in [0.5, 0.6) is 0 Å². The number of para-hydroxylation sites is 1. The first-order valence-corrected chi connectivity index (χ1v) is 4.49. The van der Waals surface area contributed by atoms with Gasteiger partial charge in [0.1, 0.15) is 11.8 Å². The van der Waals surface area contributed by atoms with Crippen LogP contribution in [0, 0.1) is 18.3 Å². The molecule has 0 radical (unpaired) electrons. The Balaban J connectivity index is 2.28. The molecule has 0 bridgehead atoms. The van der Waals surface area contributed by atoms with E-state index in [-0.39, 0.29) is 0 Å². The molecule has 0 saturated carbocycles. The van der Waals surface area contributed by atoms with Crippen LogP contribution in [-0.2, 0) is 0 Å². The summed E-state index contributed by atoms with van der Waals surface area (Å²) in [5, 5.41) is 15.7. The average Bonchev–Trinajstić information content (AvgIpc) is 2.65. The zero-order chi connectivity index (χ0) is 10.7. The van der Waals surface area contributed by atoms with E-state index in [0.29, 0.717) is 11.4 Å². The molecule has 0 amide bonds. The van der Waals surface area contributed by atoms with Crippen LogP contribution >= 0.6 is 0 Å². The molecule has 0 aliphatic heterocycles. The third-order valence-electron chi connectivity index (χ3n) is 1.94. The number of benzene rings is 1. The number of nitriles is 1. The zero-order valence-corrected chi connectivity index (χ0v) is 8.19. The number of aryl methyl sites for hydroxylation is 1. The van der Waals surface area contributed by atoms with Gasteiger partial charge in [0.2, 0.25) is 0 Å². The summed E-state index contributed by atoms with van der Waals surface area (Å²) >= 11 is 0. The topological polar surface area (TPSA) is 61.9 Å². The lowest BCUT2D eigenvalue weighted by molar-refractivity contribution is 0.400. The molecule has 1 heterocycles. The minimum absolute atomic E-state index is 0.582. The van der Waals surface area contributed by atoms with Crippen molar-refractivity contribution in [1.29, 1.82) is 5.26 Å². The predicted molar refractivity (Wildman–Crippen MR) is 55.7 cm³/mol. The fourth-order valence-electron chi connectivity index (χ4n) is 1.25. The standard InChI is InChI=1S/C11H9N3O/c1-8-6-11(14-15-8)13-10-5-3-2-4-9(10)7-12/h2-6H,1H3,(H,13,14). The van der Waals surface area contributed by atoms with Gasteiger partial charge in [0.05, 0.1) is 11.3 Å². The summed E-state index contributed by atoms with van der Waals surface area (Å²) in [7, 11) is 0. The van der Waals surface area contributed by atoms with Gasteiger partial charge >= 0.3 is 0 Å². The molecule has 0 spiro atoms. The van der Waals surface area contributed by atoms with Crippen molar-refractivity contribution in [3.8, 4) is 6.07 Å². The van der Waals surface area contributed by atoms with Crippen LogP contribution in [0.15, 0.2) is 34.9 Å². The van der Waals surface area contributed by atoms with Gasteiger partial charge in [-0.05, 0) is 19.1 Å². The molecule has 0 saturated heterocycles. The number of rotatable bonds is 2. The quantitative estimate of drug-likeness (QED) is 0.807. The molecule has 2 rings (SSSR count). The van der Waals surface area contributed by atoms with E-state index in [1.807, 2.05) is 25.1 Å². The minimum Gasteiger partial charge on any atom is -0.360 e. The Labute approximate surface area is 87.1 Å². The lowest BCUT2D eigenvalue weighted by atomic mass is 10.2. The molecule has 0 aliphatic carbocycles. The largest absolute Gasteiger partial charge is 0.360 e. The van der Waals surface area contributed by atoms with Crippen LogP contribution < -0.4 is 5.32 Å². The van der Waals surface area contributed by atoms with Crippen molar-refractivity contribution in [1.82, 2.24) is 5.16 Å². The van der Waals surface area contributed by atoms with Crippen molar-refractivity contribution in [2.45, 2.75) is 6.92 Å². The van der Waals surface area contributed by atoms with E-state index in [4.69, 9.17) is 9.78 Å². The SMILES string of the molecule is Cc1cc(Nc2ccccc2C#N)no1. The van der Waals surface area contributed by atoms with E-state index in [9.17, 15) is 0 Å². The van der Waals surface area contributed by atoms with Gasteiger partial charge in [-0.1, -0.05) is 17.3 Å². The molecular weight excluding hydrogens is 190 g/mol. The molecule has 0 atom stereocenters. The highest BCUT2D eigenvalue weighted by Crippen LogP contribution is 2.19. The van der Waals surface area contributed by atoms with Gasteiger partial charge in [0, 0.05) is 6.07 Å². The summed E-state index contributed by atoms with van der Waals surface area (Å²) in [6.07, 6.45) is 0. The summed E-state index contributed by atoms with van der Waals surface area (Å²) in [5.74, 6) is 1.34. The summed E-state index contributed by atoms with van der Waals surface area (Å²) < 4.78 is 4.91. The van der Waals surface area contributed by atoms with Gasteiger partial charge in [-0.2, -0.15) is 5.26 Å². The molecule has 2 aromatic rings. The van der Waals surface area contributed by atoms with Gasteiger partial charge in [0.25, 0.3) is 0 Å². The van der Waals surface area contributed by atoms with Crippen LogP contribution in [0.1, 0.15) is 11.3 Å². The maximum atomic E-state index is 8.87. The van der Waals surface area contributed by atoms with Gasteiger partial charge in [-0.15, -0.1) is 0 Å². The number of anilines is 2. The number of hydrogen-bond acceptors (Lipinski definition) is 4. The highest BCUT2D eigenvalue weighted by molar-refractivity contribution is 5.64. The number of nitrogens with zero attached hydrogens (tertiary/aromatic N) is 2. The maximum absolute atomic E-state index is 8.87. The molecule has 1 aromatic carbocycles. The van der Waals surface area contributed by atoms with Crippen LogP contribution in [0.4, 0.5) is 11.5 Å². The van der Waals surface area contributed by atoms with E-state index in [1.165, 1.54) is 0 Å². The Kier molecular flexibility index (Phi) is 2.38. The molecular formula is C11H9N3O. The minimum atomic E-state index is 0.582. The first-order chi connectivity index (χ1) is 7.29. The van der Waals surface area contributed by atoms with E-state index < -0.39 is 0 Å². The van der Waals surface area contributed by atoms with Gasteiger partial charge < -0.3 is 9.84 Å². The van der Waals surface area contributed by atoms with Crippen LogP contribution in [0.3, 0.4) is 0 Å². The third-order valence-corrected chi connectivity index (χ3v) is 1.94. The summed E-state index contributed by atoms with van der Waals surface area (Å²) in [5.41, 5.74) is 1.31. The van der Waals surface area contributed by atoms with E-state index in [2.05, 4.69) is 16.5 Å². The molecule has 0 aliphatic rings. The molecule has 4 heteroatoms. The third kappa shape index (κ3) is 1.97. The Morgan fingerprint density at radius 1 is 1.40 bits per heavy atom. The maximum Gasteiger partial charge on any atom is 0.174 e. The van der Waals surface area contributed by atoms with Crippen molar-refractivity contribution in [3.05, 3.63) is 41.7 Å². The second-order valence-electron chi connectivity index (χ2n) is 3.11. The highest BCUT2D eigenvalue weighted by atomic mass is 16.5. The Hall–Kier alpha value is -2.28. The lowest BCUT2D eigenvalue weighted by Crippen LogP contribution is -1.92. The number of nitrogens with one attached hydrogen (secondary N) is 1. The fourth-order valence-corrected chi connectivity index (χ4v) is 1.25. The van der Waals surface area contributed by atoms with E-state index >= 15 is 0 Å². The molecule has 1 aromatic heterocycles. The van der Waals surface area contributed by atoms with Crippen LogP contribution in [0.2, 0.25) is 0 Å². The Morgan fingerprint density at radius 3 is 2.87 bits per heavy atom. The summed E-state index contributed by atoms with van der Waals surface area (Å²) in [6.45, 7) is 1.81. The van der Waals surface area contributed by atoms with E-state index in [1.54, 1.807) is 12.1 Å². The molecule has 0 unspecified atom stereocenters. The smallest absolute Gasteiger partial charge is 0.174 e. The summed E-state index contributed by atoms with van der Waals surface area (Å²) in [6, 6.07) is 11.1. The number of hydrogen-bond donors (Lipinski definition) is 1. The van der Waals surface area contributed by atoms with E-state index in [0.717, 1.165) is 11.4 Å². The molecule has 15 heavy (non-hydrogen) atoms. The van der Waals surface area contributed by atoms with Crippen LogP contribution in [0.25, 0.3) is 0 Å². The van der Waals surface area contributed by atoms with Gasteiger partial charge in [-0.3, -0.25) is 0 Å². The van der Waals surface area contributed by atoms with Crippen molar-refractivity contribution >= 4 is 11.5 Å². The summed E-state index contributed by atoms with van der Waals surface area (Å²) in [4.78, 5) is 0. The molecule has 0 fully saturated rings. The first kappa shape index (κ1) is 9.28. The zero-order valence-electron chi connectivity index (χ0n) is 8.19. The van der Waals surface area contributed by atoms with Crippen molar-refractivity contribution in [2.75, 3.05) is 5.32 Å². The van der Waals surface area contributed by atoms with Gasteiger partial charge in [-0.25, -0.2) is 0 Å². The van der Waals surface area contributed by atoms with Crippen molar-refractivity contribution in [2.24, 2.45) is 0 Å². The van der Waals surface area contributed by atoms with Gasteiger partial charge in [0.15, 0.2) is 5.82 Å². The first-order valence-electron chi connectivity index (χ1n) is 4.49. The van der Waals surface area contributed by atoms with Crippen molar-refractivity contribution in [3.63, 3.8) is 0 Å².